The molecule has 6 N–H and O–H groups in total. The molecule has 14 nitrogen and oxygen atoms in total. The van der Waals surface area contributed by atoms with Crippen molar-refractivity contribution in [1.29, 1.82) is 0 Å². The molecule has 0 aromatic heterocycles. The minimum atomic E-state index is -1.40. The van der Waals surface area contributed by atoms with Crippen LogP contribution in [0.5, 0.6) is 0 Å². The maximum atomic E-state index is 14.1. The van der Waals surface area contributed by atoms with E-state index in [-0.39, 0.29) is 17.8 Å². The Bertz CT molecular complexity index is 2300. The Morgan fingerprint density at radius 2 is 1.03 bits per heavy atom. The van der Waals surface area contributed by atoms with Gasteiger partial charge >= 0.3 is 12.2 Å². The number of carbonyl (C=O) groups is 6. The summed E-state index contributed by atoms with van der Waals surface area (Å²) in [5, 5.41) is 5.30. The normalized spacial score (nSPS) is 23.0. The molecule has 1 saturated carbocycles. The molecule has 3 aromatic carbocycles. The third-order valence-electron chi connectivity index (χ3n) is 14.0. The Morgan fingerprint density at radius 3 is 1.44 bits per heavy atom. The van der Waals surface area contributed by atoms with E-state index >= 15 is 0 Å². The first-order chi connectivity index (χ1) is 30.6. The zero-order chi connectivity index (χ0) is 46.1. The number of likely N-dealkylation sites (tertiary alicyclic amines) is 2. The zero-order valence-corrected chi connectivity index (χ0v) is 37.8. The van der Waals surface area contributed by atoms with Gasteiger partial charge in [-0.2, -0.15) is 0 Å². The van der Waals surface area contributed by atoms with Crippen molar-refractivity contribution in [2.24, 2.45) is 23.3 Å². The molecule has 2 saturated heterocycles. The molecule has 2 heterocycles. The van der Waals surface area contributed by atoms with Crippen LogP contribution in [-0.2, 0) is 39.7 Å². The van der Waals surface area contributed by atoms with Crippen LogP contribution >= 0.6 is 0 Å². The van der Waals surface area contributed by atoms with E-state index in [4.69, 9.17) is 20.9 Å². The van der Waals surface area contributed by atoms with Crippen LogP contribution in [0.1, 0.15) is 124 Å². The number of hydrogen-bond donors (Lipinski definition) is 4. The number of ether oxygens (including phenoxy) is 2. The number of benzene rings is 3. The lowest BCUT2D eigenvalue weighted by Crippen LogP contribution is -2.59. The van der Waals surface area contributed by atoms with Gasteiger partial charge < -0.3 is 41.4 Å². The maximum absolute atomic E-state index is 14.1. The molecule has 3 aromatic rings. The lowest BCUT2D eigenvalue weighted by atomic mass is 9.82. The highest BCUT2D eigenvalue weighted by Gasteiger charge is 2.53. The van der Waals surface area contributed by atoms with Crippen LogP contribution < -0.4 is 22.1 Å². The van der Waals surface area contributed by atoms with Crippen LogP contribution in [0.4, 0.5) is 9.59 Å². The van der Waals surface area contributed by atoms with Crippen LogP contribution in [-0.4, -0.2) is 85.0 Å². The van der Waals surface area contributed by atoms with Gasteiger partial charge in [0.05, 0.1) is 14.2 Å². The van der Waals surface area contributed by atoms with Gasteiger partial charge in [0.2, 0.25) is 23.6 Å². The number of methoxy groups -OCH3 is 2. The van der Waals surface area contributed by atoms with Gasteiger partial charge in [-0.15, -0.1) is 0 Å². The van der Waals surface area contributed by atoms with Crippen LogP contribution in [0.2, 0.25) is 0 Å². The van der Waals surface area contributed by atoms with Crippen molar-refractivity contribution in [3.63, 3.8) is 0 Å². The second-order valence-electron chi connectivity index (χ2n) is 18.4. The van der Waals surface area contributed by atoms with Crippen LogP contribution in [0.15, 0.2) is 72.8 Å². The van der Waals surface area contributed by atoms with Crippen LogP contribution in [0.3, 0.4) is 0 Å². The summed E-state index contributed by atoms with van der Waals surface area (Å²) in [5.74, 6) is -2.01. The molecule has 64 heavy (non-hydrogen) atoms. The van der Waals surface area contributed by atoms with Gasteiger partial charge in [-0.25, -0.2) is 9.59 Å². The lowest BCUT2D eigenvalue weighted by Gasteiger charge is -2.39. The van der Waals surface area contributed by atoms with Crippen molar-refractivity contribution in [3.05, 3.63) is 106 Å². The van der Waals surface area contributed by atoms with E-state index in [9.17, 15) is 28.8 Å². The summed E-state index contributed by atoms with van der Waals surface area (Å²) in [6.45, 7) is 7.91. The third kappa shape index (κ3) is 8.34. The lowest BCUT2D eigenvalue weighted by molar-refractivity contribution is -0.146. The molecule has 0 radical (unpaired) electrons. The Labute approximate surface area is 375 Å². The number of rotatable bonds is 14. The molecule has 0 bridgehead atoms. The van der Waals surface area contributed by atoms with E-state index < -0.39 is 59.0 Å². The van der Waals surface area contributed by atoms with E-state index in [0.717, 1.165) is 35.1 Å². The molecule has 3 fully saturated rings. The van der Waals surface area contributed by atoms with E-state index in [2.05, 4.69) is 34.9 Å². The molecule has 2 aliphatic carbocycles. The molecule has 7 rings (SSSR count). The first-order valence-corrected chi connectivity index (χ1v) is 22.6. The molecule has 2 aliphatic heterocycles. The quantitative estimate of drug-likeness (QED) is 0.142. The van der Waals surface area contributed by atoms with Crippen LogP contribution in [0.25, 0.3) is 11.1 Å². The standard InChI is InChI=1S/C50H62N6O8/c1-29(2)41(53-47(61)63-5)43(57)55-27-7-25-49(55,45(51)59)36-19-15-33(16-20-36)38-23-24-39(40(38)35-13-11-32(12-14-35)31-9-10-31)34-17-21-37(22-18-34)50(46(52)60)26-8-28-56(50)44(58)42(30(3)4)54-48(62)64-6/h11-22,29-31,38,41-42H,7-10,23-28H2,1-6H3,(H2,51,59)(H2,52,60)(H,53,61)(H,54,62)/t38?,41-,42-,49-,50-/m0/s1. The Kier molecular flexibility index (Phi) is 13.2. The summed E-state index contributed by atoms with van der Waals surface area (Å²) in [6, 6.07) is 22.7. The van der Waals surface area contributed by atoms with Gasteiger partial charge in [0, 0.05) is 19.0 Å². The number of amides is 6. The second-order valence-corrected chi connectivity index (χ2v) is 18.4. The van der Waals surface area contributed by atoms with Crippen molar-refractivity contribution < 1.29 is 38.2 Å². The molecular weight excluding hydrogens is 813 g/mol. The number of carbonyl (C=O) groups excluding carboxylic acids is 6. The number of nitrogens with zero attached hydrogens (tertiary/aromatic N) is 2. The fourth-order valence-corrected chi connectivity index (χ4v) is 10.4. The first-order valence-electron chi connectivity index (χ1n) is 22.6. The second kappa shape index (κ2) is 18.5. The average molecular weight is 875 g/mol. The predicted octanol–water partition coefficient (Wildman–Crippen LogP) is 6.42. The summed E-state index contributed by atoms with van der Waals surface area (Å²) < 4.78 is 9.60. The zero-order valence-electron chi connectivity index (χ0n) is 37.8. The molecular formula is C50H62N6O8. The topological polar surface area (TPSA) is 203 Å². The van der Waals surface area contributed by atoms with Crippen molar-refractivity contribution >= 4 is 47.0 Å². The summed E-state index contributed by atoms with van der Waals surface area (Å²) in [4.78, 5) is 82.8. The van der Waals surface area contributed by atoms with Gasteiger partial charge in [-0.1, -0.05) is 100 Å². The van der Waals surface area contributed by atoms with Crippen molar-refractivity contribution in [3.8, 4) is 0 Å². The highest BCUT2D eigenvalue weighted by Crippen LogP contribution is 2.51. The summed E-state index contributed by atoms with van der Waals surface area (Å²) in [7, 11) is 2.48. The number of nitrogens with one attached hydrogen (secondary N) is 2. The SMILES string of the molecule is COC(=O)N[C@H](C(=O)N1CCC[C@@]1(C(N)=O)c1ccc(C2=C(c3ccc(C4CC4)cc3)C(c3ccc([C@]4(C(N)=O)CCCN4C(=O)[C@@H](NC(=O)OC)C(C)C)cc3)CC2)cc1)C(C)C. The predicted molar refractivity (Wildman–Crippen MR) is 242 cm³/mol. The van der Waals surface area contributed by atoms with Crippen molar-refractivity contribution in [2.45, 2.75) is 114 Å². The number of hydrogen-bond acceptors (Lipinski definition) is 8. The van der Waals surface area contributed by atoms with E-state index in [0.29, 0.717) is 55.8 Å². The van der Waals surface area contributed by atoms with Crippen LogP contribution in [0, 0.1) is 11.8 Å². The van der Waals surface area contributed by atoms with Gasteiger partial charge in [0.15, 0.2) is 0 Å². The molecule has 340 valence electrons. The van der Waals surface area contributed by atoms with Gasteiger partial charge in [-0.3, -0.25) is 19.2 Å². The summed E-state index contributed by atoms with van der Waals surface area (Å²) in [6.07, 6.45) is 4.33. The monoisotopic (exact) mass is 874 g/mol. The maximum Gasteiger partial charge on any atom is 0.407 e. The van der Waals surface area contributed by atoms with Crippen molar-refractivity contribution in [2.75, 3.05) is 27.3 Å². The number of allylic oxidation sites excluding steroid dienone is 2. The largest absolute Gasteiger partial charge is 0.453 e. The number of alkyl carbamates (subject to hydrolysis) is 2. The van der Waals surface area contributed by atoms with Crippen molar-refractivity contribution in [1.82, 2.24) is 20.4 Å². The minimum Gasteiger partial charge on any atom is -0.453 e. The summed E-state index contributed by atoms with van der Waals surface area (Å²) >= 11 is 0. The molecule has 1 unspecified atom stereocenters. The Balaban J connectivity index is 1.24. The first kappa shape index (κ1) is 45.8. The highest BCUT2D eigenvalue weighted by atomic mass is 16.5. The Morgan fingerprint density at radius 1 is 0.609 bits per heavy atom. The average Bonchev–Trinajstić information content (AvgIpc) is 3.65. The third-order valence-corrected chi connectivity index (χ3v) is 14.0. The van der Waals surface area contributed by atoms with E-state index in [1.54, 1.807) is 0 Å². The van der Waals surface area contributed by atoms with Gasteiger partial charge in [0.1, 0.15) is 23.2 Å². The molecule has 14 heteroatoms. The highest BCUT2D eigenvalue weighted by molar-refractivity contribution is 5.98. The fraction of sp³-hybridized carbons (Fsp3) is 0.480. The molecule has 0 spiro atoms. The Hall–Kier alpha value is -6.18. The van der Waals surface area contributed by atoms with Gasteiger partial charge in [-0.05, 0) is 114 Å². The number of nitrogens with two attached hydrogens (primary N) is 2. The molecule has 4 aliphatic rings. The minimum absolute atomic E-state index is 0.00824. The van der Waals surface area contributed by atoms with E-state index in [1.807, 2.05) is 76.2 Å². The number of primary amides is 2. The fourth-order valence-electron chi connectivity index (χ4n) is 10.4. The summed E-state index contributed by atoms with van der Waals surface area (Å²) in [5.41, 5.74) is 17.6. The molecule has 6 amide bonds. The van der Waals surface area contributed by atoms with E-state index in [1.165, 1.54) is 48.0 Å². The molecule has 5 atom stereocenters. The smallest absolute Gasteiger partial charge is 0.407 e. The van der Waals surface area contributed by atoms with Gasteiger partial charge in [0.25, 0.3) is 0 Å².